The number of carbonyl (C=O) groups excluding carboxylic acids is 3. The summed E-state index contributed by atoms with van der Waals surface area (Å²) in [5.41, 5.74) is 0. The highest BCUT2D eigenvalue weighted by Gasteiger charge is 2.11. The highest BCUT2D eigenvalue weighted by atomic mass is 16.1. The second-order valence-electron chi connectivity index (χ2n) is 5.30. The van der Waals surface area contributed by atoms with Gasteiger partial charge in [-0.25, -0.2) is 29.4 Å². The molecule has 1 rings (SSSR count). The van der Waals surface area contributed by atoms with Gasteiger partial charge in [0.2, 0.25) is 18.2 Å². The van der Waals surface area contributed by atoms with E-state index in [9.17, 15) is 14.4 Å². The first-order chi connectivity index (χ1) is 10.8. The quantitative estimate of drug-likeness (QED) is 0.372. The lowest BCUT2D eigenvalue weighted by Crippen LogP contribution is -2.08. The van der Waals surface area contributed by atoms with Crippen LogP contribution in [-0.4, -0.2) is 37.9 Å². The fourth-order valence-electron chi connectivity index (χ4n) is 2.36. The minimum atomic E-state index is 0.556. The summed E-state index contributed by atoms with van der Waals surface area (Å²) in [7, 11) is 0. The standard InChI is InChI=1S/C8H12N2O2.C8H13NO/c11-7-9-5-3-1-2-4-6-10-8-12;10-7-9-6-8-4-2-1-3-5-8/h1-6H2;8H,1-6H2. The summed E-state index contributed by atoms with van der Waals surface area (Å²) >= 11 is 0. The molecule has 1 fully saturated rings. The van der Waals surface area contributed by atoms with Crippen molar-refractivity contribution < 1.29 is 14.4 Å². The predicted octanol–water partition coefficient (Wildman–Crippen LogP) is 3.12. The molecular formula is C16H25N3O3. The highest BCUT2D eigenvalue weighted by molar-refractivity contribution is 5.33. The Morgan fingerprint density at radius 1 is 0.682 bits per heavy atom. The normalized spacial score (nSPS) is 13.6. The second-order valence-corrected chi connectivity index (χ2v) is 5.30. The molecule has 0 atom stereocenters. The van der Waals surface area contributed by atoms with Gasteiger partial charge in [0.15, 0.2) is 0 Å². The van der Waals surface area contributed by atoms with Crippen LogP contribution in [-0.2, 0) is 14.4 Å². The molecular weight excluding hydrogens is 282 g/mol. The van der Waals surface area contributed by atoms with Crippen LogP contribution in [0.5, 0.6) is 0 Å². The van der Waals surface area contributed by atoms with Crippen molar-refractivity contribution in [1.29, 1.82) is 0 Å². The Kier molecular flexibility index (Phi) is 15.7. The monoisotopic (exact) mass is 307 g/mol. The minimum absolute atomic E-state index is 0.556. The van der Waals surface area contributed by atoms with Gasteiger partial charge in [-0.1, -0.05) is 32.1 Å². The maximum Gasteiger partial charge on any atom is 0.234 e. The van der Waals surface area contributed by atoms with E-state index >= 15 is 0 Å². The molecule has 1 aliphatic rings. The maximum absolute atomic E-state index is 9.76. The molecule has 0 bridgehead atoms. The predicted molar refractivity (Wildman–Crippen MR) is 84.0 cm³/mol. The van der Waals surface area contributed by atoms with E-state index in [4.69, 9.17) is 0 Å². The molecule has 0 aromatic rings. The largest absolute Gasteiger partial charge is 0.234 e. The van der Waals surface area contributed by atoms with Gasteiger partial charge in [0.05, 0.1) is 19.6 Å². The van der Waals surface area contributed by atoms with Crippen LogP contribution >= 0.6 is 0 Å². The zero-order chi connectivity index (χ0) is 16.3. The van der Waals surface area contributed by atoms with Gasteiger partial charge in [-0.2, -0.15) is 0 Å². The molecule has 0 spiro atoms. The number of hydrogen-bond acceptors (Lipinski definition) is 6. The number of unbranched alkanes of at least 4 members (excludes halogenated alkanes) is 3. The van der Waals surface area contributed by atoms with Crippen LogP contribution in [0.25, 0.3) is 0 Å². The van der Waals surface area contributed by atoms with Crippen LogP contribution in [0.1, 0.15) is 57.8 Å². The van der Waals surface area contributed by atoms with E-state index in [-0.39, 0.29) is 0 Å². The first-order valence-electron chi connectivity index (χ1n) is 7.96. The lowest BCUT2D eigenvalue weighted by Gasteiger charge is -2.18. The minimum Gasteiger partial charge on any atom is -0.211 e. The smallest absolute Gasteiger partial charge is 0.211 e. The van der Waals surface area contributed by atoms with E-state index in [1.54, 1.807) is 6.08 Å². The number of aliphatic imine (C=N–C) groups is 3. The fraction of sp³-hybridized carbons (Fsp3) is 0.812. The van der Waals surface area contributed by atoms with Crippen LogP contribution in [0.4, 0.5) is 0 Å². The number of nitrogens with zero attached hydrogens (tertiary/aromatic N) is 3. The summed E-state index contributed by atoms with van der Waals surface area (Å²) in [6, 6.07) is 0. The average molecular weight is 307 g/mol. The third-order valence-electron chi connectivity index (χ3n) is 3.56. The number of isocyanates is 3. The molecule has 0 saturated heterocycles. The summed E-state index contributed by atoms with van der Waals surface area (Å²) in [4.78, 5) is 39.4. The van der Waals surface area contributed by atoms with Crippen molar-refractivity contribution in [2.75, 3.05) is 19.6 Å². The van der Waals surface area contributed by atoms with Gasteiger partial charge in [-0.05, 0) is 31.6 Å². The topological polar surface area (TPSA) is 88.3 Å². The van der Waals surface area contributed by atoms with Gasteiger partial charge in [-0.15, -0.1) is 0 Å². The molecule has 0 radical (unpaired) electrons. The van der Waals surface area contributed by atoms with E-state index in [0.29, 0.717) is 25.6 Å². The molecule has 1 aliphatic carbocycles. The fourth-order valence-corrected chi connectivity index (χ4v) is 2.36. The molecule has 0 aromatic heterocycles. The summed E-state index contributed by atoms with van der Waals surface area (Å²) in [5.74, 6) is 0.676. The van der Waals surface area contributed by atoms with E-state index in [2.05, 4.69) is 15.0 Å². The van der Waals surface area contributed by atoms with Crippen LogP contribution in [0.3, 0.4) is 0 Å². The molecule has 6 heteroatoms. The lowest BCUT2D eigenvalue weighted by molar-refractivity contribution is 0.366. The van der Waals surface area contributed by atoms with E-state index in [0.717, 1.165) is 25.7 Å². The Morgan fingerprint density at radius 3 is 1.64 bits per heavy atom. The van der Waals surface area contributed by atoms with Crippen molar-refractivity contribution in [2.24, 2.45) is 20.9 Å². The summed E-state index contributed by atoms with van der Waals surface area (Å²) in [6.07, 6.45) is 14.9. The van der Waals surface area contributed by atoms with Crippen LogP contribution in [0.2, 0.25) is 0 Å². The third-order valence-corrected chi connectivity index (χ3v) is 3.56. The van der Waals surface area contributed by atoms with Gasteiger partial charge >= 0.3 is 0 Å². The van der Waals surface area contributed by atoms with Crippen molar-refractivity contribution in [1.82, 2.24) is 0 Å². The molecule has 0 N–H and O–H groups in total. The summed E-state index contributed by atoms with van der Waals surface area (Å²) in [6.45, 7) is 1.82. The van der Waals surface area contributed by atoms with Crippen molar-refractivity contribution in [3.63, 3.8) is 0 Å². The van der Waals surface area contributed by atoms with E-state index < -0.39 is 0 Å². The van der Waals surface area contributed by atoms with Crippen molar-refractivity contribution in [2.45, 2.75) is 57.8 Å². The zero-order valence-electron chi connectivity index (χ0n) is 13.1. The summed E-state index contributed by atoms with van der Waals surface area (Å²) in [5, 5.41) is 0. The molecule has 6 nitrogen and oxygen atoms in total. The SMILES string of the molecule is O=C=NCC1CCCCC1.O=C=NCCCCCCN=C=O. The van der Waals surface area contributed by atoms with Gasteiger partial charge < -0.3 is 0 Å². The van der Waals surface area contributed by atoms with Gasteiger partial charge in [-0.3, -0.25) is 0 Å². The average Bonchev–Trinajstić information content (AvgIpc) is 2.57. The molecule has 0 heterocycles. The lowest BCUT2D eigenvalue weighted by atomic mass is 9.89. The van der Waals surface area contributed by atoms with Crippen molar-refractivity contribution in [3.05, 3.63) is 0 Å². The zero-order valence-corrected chi connectivity index (χ0v) is 13.1. The Hall–Kier alpha value is -1.86. The van der Waals surface area contributed by atoms with Crippen LogP contribution < -0.4 is 0 Å². The highest BCUT2D eigenvalue weighted by Crippen LogP contribution is 2.23. The van der Waals surface area contributed by atoms with Gasteiger partial charge in [0.1, 0.15) is 0 Å². The van der Waals surface area contributed by atoms with Crippen LogP contribution in [0, 0.1) is 5.92 Å². The molecule has 0 amide bonds. The van der Waals surface area contributed by atoms with E-state index in [1.165, 1.54) is 44.3 Å². The number of rotatable bonds is 9. The second kappa shape index (κ2) is 17.2. The molecule has 0 aromatic carbocycles. The van der Waals surface area contributed by atoms with Crippen molar-refractivity contribution in [3.8, 4) is 0 Å². The molecule has 122 valence electrons. The number of hydrogen-bond donors (Lipinski definition) is 0. The Bertz CT molecular complexity index is 379. The molecule has 1 saturated carbocycles. The molecule has 22 heavy (non-hydrogen) atoms. The summed E-state index contributed by atoms with van der Waals surface area (Å²) < 4.78 is 0. The van der Waals surface area contributed by atoms with E-state index in [1.807, 2.05) is 0 Å². The Morgan fingerprint density at radius 2 is 1.18 bits per heavy atom. The first-order valence-corrected chi connectivity index (χ1v) is 7.96. The van der Waals surface area contributed by atoms with Crippen LogP contribution in [0.15, 0.2) is 15.0 Å². The third kappa shape index (κ3) is 14.5. The van der Waals surface area contributed by atoms with Gasteiger partial charge in [0.25, 0.3) is 0 Å². The van der Waals surface area contributed by atoms with Gasteiger partial charge in [0, 0.05) is 0 Å². The van der Waals surface area contributed by atoms with Crippen molar-refractivity contribution >= 4 is 18.2 Å². The first kappa shape index (κ1) is 20.1. The molecule has 0 aliphatic heterocycles. The Balaban J connectivity index is 0.000000406. The molecule has 0 unspecified atom stereocenters. The Labute approximate surface area is 131 Å². The maximum atomic E-state index is 9.76.